The maximum atomic E-state index is 11.7. The Morgan fingerprint density at radius 1 is 1.11 bits per heavy atom. The number of ketones is 1. The molecular formula is C12H11BrO5. The van der Waals surface area contributed by atoms with Crippen LogP contribution in [0.4, 0.5) is 0 Å². The van der Waals surface area contributed by atoms with Crippen molar-refractivity contribution < 1.29 is 23.9 Å². The van der Waals surface area contributed by atoms with Gasteiger partial charge in [0.2, 0.25) is 0 Å². The van der Waals surface area contributed by atoms with Gasteiger partial charge in [0.25, 0.3) is 0 Å². The molecule has 96 valence electrons. The highest BCUT2D eigenvalue weighted by Gasteiger charge is 2.19. The van der Waals surface area contributed by atoms with Crippen LogP contribution in [-0.2, 0) is 9.59 Å². The predicted octanol–water partition coefficient (Wildman–Crippen LogP) is 2.11. The van der Waals surface area contributed by atoms with E-state index < -0.39 is 11.9 Å². The van der Waals surface area contributed by atoms with E-state index in [1.54, 1.807) is 6.07 Å². The Bertz CT molecular complexity index is 495. The van der Waals surface area contributed by atoms with Gasteiger partial charge in [0.1, 0.15) is 0 Å². The van der Waals surface area contributed by atoms with Crippen molar-refractivity contribution in [1.29, 1.82) is 0 Å². The fourth-order valence-electron chi connectivity index (χ4n) is 1.29. The lowest BCUT2D eigenvalue weighted by atomic mass is 10.1. The molecule has 0 aliphatic rings. The average molecular weight is 315 g/mol. The molecule has 0 unspecified atom stereocenters. The maximum absolute atomic E-state index is 11.7. The molecule has 0 saturated heterocycles. The SMILES string of the molecule is CC(=O)Oc1cccc(C(=O)CBr)c1OC(C)=O. The molecule has 0 radical (unpaired) electrons. The normalized spacial score (nSPS) is 9.72. The largest absolute Gasteiger partial charge is 0.423 e. The van der Waals surface area contributed by atoms with Crippen LogP contribution in [0.2, 0.25) is 0 Å². The van der Waals surface area contributed by atoms with Crippen molar-refractivity contribution in [3.05, 3.63) is 23.8 Å². The highest BCUT2D eigenvalue weighted by Crippen LogP contribution is 2.32. The quantitative estimate of drug-likeness (QED) is 0.368. The third kappa shape index (κ3) is 3.66. The van der Waals surface area contributed by atoms with Crippen LogP contribution in [0.15, 0.2) is 18.2 Å². The summed E-state index contributed by atoms with van der Waals surface area (Å²) in [7, 11) is 0. The number of para-hydroxylation sites is 1. The molecule has 0 aliphatic heterocycles. The summed E-state index contributed by atoms with van der Waals surface area (Å²) in [5, 5.41) is 0.0742. The fraction of sp³-hybridized carbons (Fsp3) is 0.250. The molecule has 0 aromatic heterocycles. The summed E-state index contributed by atoms with van der Waals surface area (Å²) >= 11 is 3.03. The minimum atomic E-state index is -0.599. The maximum Gasteiger partial charge on any atom is 0.308 e. The van der Waals surface area contributed by atoms with Crippen molar-refractivity contribution >= 4 is 33.7 Å². The van der Waals surface area contributed by atoms with Gasteiger partial charge in [0.15, 0.2) is 17.3 Å². The zero-order valence-electron chi connectivity index (χ0n) is 9.86. The van der Waals surface area contributed by atoms with Crippen molar-refractivity contribution in [1.82, 2.24) is 0 Å². The van der Waals surface area contributed by atoms with E-state index in [1.807, 2.05) is 0 Å². The van der Waals surface area contributed by atoms with Gasteiger partial charge in [-0.25, -0.2) is 0 Å². The zero-order chi connectivity index (χ0) is 13.7. The molecule has 18 heavy (non-hydrogen) atoms. The Morgan fingerprint density at radius 3 is 2.22 bits per heavy atom. The Balaban J connectivity index is 3.29. The molecular weight excluding hydrogens is 304 g/mol. The van der Waals surface area contributed by atoms with E-state index in [0.29, 0.717) is 0 Å². The first-order valence-electron chi connectivity index (χ1n) is 5.04. The second-order valence-corrected chi connectivity index (χ2v) is 3.94. The molecule has 0 saturated carbocycles. The summed E-state index contributed by atoms with van der Waals surface area (Å²) in [5.41, 5.74) is 0.181. The monoisotopic (exact) mass is 314 g/mol. The second-order valence-electron chi connectivity index (χ2n) is 3.38. The van der Waals surface area contributed by atoms with E-state index in [-0.39, 0.29) is 28.2 Å². The summed E-state index contributed by atoms with van der Waals surface area (Å²) in [4.78, 5) is 33.6. The van der Waals surface area contributed by atoms with Crippen LogP contribution in [0, 0.1) is 0 Å². The van der Waals surface area contributed by atoms with E-state index in [9.17, 15) is 14.4 Å². The number of benzene rings is 1. The van der Waals surface area contributed by atoms with Gasteiger partial charge in [-0.3, -0.25) is 14.4 Å². The van der Waals surface area contributed by atoms with Crippen molar-refractivity contribution in [3.8, 4) is 11.5 Å². The van der Waals surface area contributed by atoms with Crippen LogP contribution in [0.1, 0.15) is 24.2 Å². The van der Waals surface area contributed by atoms with Gasteiger partial charge in [-0.2, -0.15) is 0 Å². The number of hydrogen-bond acceptors (Lipinski definition) is 5. The molecule has 0 fully saturated rings. The number of carbonyl (C=O) groups is 3. The molecule has 6 heteroatoms. The van der Waals surface area contributed by atoms with E-state index in [2.05, 4.69) is 15.9 Å². The molecule has 0 heterocycles. The molecule has 5 nitrogen and oxygen atoms in total. The molecule has 0 atom stereocenters. The summed E-state index contributed by atoms with van der Waals surface area (Å²) < 4.78 is 9.84. The molecule has 0 bridgehead atoms. The van der Waals surface area contributed by atoms with Crippen LogP contribution < -0.4 is 9.47 Å². The Kier molecular flexibility index (Phi) is 5.03. The fourth-order valence-corrected chi connectivity index (χ4v) is 1.59. The first-order valence-corrected chi connectivity index (χ1v) is 6.17. The van der Waals surface area contributed by atoms with Gasteiger partial charge >= 0.3 is 11.9 Å². The van der Waals surface area contributed by atoms with Crippen LogP contribution in [0.25, 0.3) is 0 Å². The van der Waals surface area contributed by atoms with E-state index >= 15 is 0 Å². The Morgan fingerprint density at radius 2 is 1.72 bits per heavy atom. The predicted molar refractivity (Wildman–Crippen MR) is 67.2 cm³/mol. The third-order valence-electron chi connectivity index (χ3n) is 1.90. The van der Waals surface area contributed by atoms with Crippen LogP contribution >= 0.6 is 15.9 Å². The first kappa shape index (κ1) is 14.4. The Labute approximate surface area is 112 Å². The first-order chi connectivity index (χ1) is 8.45. The number of Topliss-reactive ketones (excluding diaryl/α,β-unsaturated/α-hetero) is 1. The standard InChI is InChI=1S/C12H11BrO5/c1-7(14)17-11-5-3-4-9(10(16)6-13)12(11)18-8(2)15/h3-5H,6H2,1-2H3. The summed E-state index contributed by atoms with van der Waals surface area (Å²) in [5.74, 6) is -1.43. The number of carbonyl (C=O) groups excluding carboxylic acids is 3. The van der Waals surface area contributed by atoms with Crippen LogP contribution in [0.5, 0.6) is 11.5 Å². The highest BCUT2D eigenvalue weighted by molar-refractivity contribution is 9.09. The van der Waals surface area contributed by atoms with Gasteiger partial charge in [0, 0.05) is 13.8 Å². The van der Waals surface area contributed by atoms with E-state index in [1.165, 1.54) is 26.0 Å². The third-order valence-corrected chi connectivity index (χ3v) is 2.41. The van der Waals surface area contributed by atoms with Crippen molar-refractivity contribution in [2.45, 2.75) is 13.8 Å². The van der Waals surface area contributed by atoms with E-state index in [4.69, 9.17) is 9.47 Å². The van der Waals surface area contributed by atoms with Gasteiger partial charge in [0.05, 0.1) is 10.9 Å². The van der Waals surface area contributed by atoms with Crippen LogP contribution in [-0.4, -0.2) is 23.1 Å². The lowest BCUT2D eigenvalue weighted by Crippen LogP contribution is -2.11. The van der Waals surface area contributed by atoms with Gasteiger partial charge < -0.3 is 9.47 Å². The molecule has 0 aliphatic carbocycles. The summed E-state index contributed by atoms with van der Waals surface area (Å²) in [6.07, 6.45) is 0. The van der Waals surface area contributed by atoms with Crippen molar-refractivity contribution in [2.75, 3.05) is 5.33 Å². The smallest absolute Gasteiger partial charge is 0.308 e. The molecule has 1 rings (SSSR count). The molecule has 0 N–H and O–H groups in total. The van der Waals surface area contributed by atoms with Crippen molar-refractivity contribution in [2.24, 2.45) is 0 Å². The lowest BCUT2D eigenvalue weighted by molar-refractivity contribution is -0.134. The second kappa shape index (κ2) is 6.30. The number of halogens is 1. The number of hydrogen-bond donors (Lipinski definition) is 0. The minimum Gasteiger partial charge on any atom is -0.423 e. The minimum absolute atomic E-state index is 0.0374. The molecule has 1 aromatic carbocycles. The molecule has 0 amide bonds. The number of ether oxygens (including phenoxy) is 2. The molecule has 0 spiro atoms. The topological polar surface area (TPSA) is 69.7 Å². The average Bonchev–Trinajstić information content (AvgIpc) is 2.29. The highest BCUT2D eigenvalue weighted by atomic mass is 79.9. The van der Waals surface area contributed by atoms with Crippen LogP contribution in [0.3, 0.4) is 0 Å². The molecule has 1 aromatic rings. The van der Waals surface area contributed by atoms with Gasteiger partial charge in [-0.15, -0.1) is 0 Å². The zero-order valence-corrected chi connectivity index (χ0v) is 11.4. The number of rotatable bonds is 4. The Hall–Kier alpha value is -1.69. The lowest BCUT2D eigenvalue weighted by Gasteiger charge is -2.11. The summed E-state index contributed by atoms with van der Waals surface area (Å²) in [6, 6.07) is 4.49. The summed E-state index contributed by atoms with van der Waals surface area (Å²) in [6.45, 7) is 2.42. The van der Waals surface area contributed by atoms with Crippen molar-refractivity contribution in [3.63, 3.8) is 0 Å². The number of esters is 2. The van der Waals surface area contributed by atoms with Gasteiger partial charge in [-0.05, 0) is 12.1 Å². The number of alkyl halides is 1. The van der Waals surface area contributed by atoms with Gasteiger partial charge in [-0.1, -0.05) is 22.0 Å². The van der Waals surface area contributed by atoms with E-state index in [0.717, 1.165) is 0 Å².